The van der Waals surface area contributed by atoms with Gasteiger partial charge < -0.3 is 0 Å². The van der Waals surface area contributed by atoms with Crippen LogP contribution in [0.25, 0.3) is 0 Å². The van der Waals surface area contributed by atoms with Gasteiger partial charge in [0, 0.05) is 6.42 Å². The monoisotopic (exact) mass is 163 g/mol. The maximum atomic E-state index is 4.75. The lowest BCUT2D eigenvalue weighted by atomic mass is 10.2. The third kappa shape index (κ3) is 8.44. The molecule has 0 radical (unpaired) electrons. The van der Waals surface area contributed by atoms with Crippen molar-refractivity contribution in [3.05, 3.63) is 0 Å². The molecule has 54 valence electrons. The molecule has 0 N–H and O–H groups in total. The second-order valence-electron chi connectivity index (χ2n) is 2.24. The zero-order valence-electron chi connectivity index (χ0n) is 6.06. The third-order valence-electron chi connectivity index (χ3n) is 1.33. The lowest BCUT2D eigenvalue weighted by Crippen LogP contribution is -1.81. The van der Waals surface area contributed by atoms with E-state index in [1.165, 1.54) is 37.9 Å². The maximum Gasteiger partial charge on any atom is 0.271 e. The molecule has 0 spiro atoms. The Kier molecular flexibility index (Phi) is 8.85. The van der Waals surface area contributed by atoms with E-state index in [1.807, 2.05) is 0 Å². The molecule has 0 amide bonds. The standard InChI is InChI=1S/C7H15S2/c1-2-3-4-5-6-7-9-8/h2-7H2,1H3/q+1. The molecule has 0 aliphatic rings. The molecule has 0 atom stereocenters. The fraction of sp³-hybridized carbons (Fsp3) is 1.00. The summed E-state index contributed by atoms with van der Waals surface area (Å²) >= 11 is 4.75. The Hall–Kier alpha value is 0.440. The van der Waals surface area contributed by atoms with Gasteiger partial charge in [-0.25, -0.2) is 0 Å². The minimum atomic E-state index is 1.17. The summed E-state index contributed by atoms with van der Waals surface area (Å²) in [6.45, 7) is 2.24. The number of rotatable bonds is 6. The van der Waals surface area contributed by atoms with Gasteiger partial charge in [-0.15, -0.1) is 0 Å². The lowest BCUT2D eigenvalue weighted by molar-refractivity contribution is 0.659. The molecular weight excluding hydrogens is 148 g/mol. The number of hydrogen-bond acceptors (Lipinski definition) is 1. The summed E-state index contributed by atoms with van der Waals surface area (Å²) in [4.78, 5) is 0. The van der Waals surface area contributed by atoms with Crippen LogP contribution in [0.15, 0.2) is 0 Å². The highest BCUT2D eigenvalue weighted by Gasteiger charge is 1.92. The first-order valence-electron chi connectivity index (χ1n) is 3.66. The normalized spacial score (nSPS) is 9.44. The first-order valence-corrected chi connectivity index (χ1v) is 5.57. The van der Waals surface area contributed by atoms with Crippen molar-refractivity contribution in [2.75, 3.05) is 5.75 Å². The van der Waals surface area contributed by atoms with Crippen LogP contribution < -0.4 is 0 Å². The summed E-state index contributed by atoms with van der Waals surface area (Å²) in [7, 11) is 1.54. The van der Waals surface area contributed by atoms with Crippen molar-refractivity contribution in [3.63, 3.8) is 0 Å². The molecule has 0 saturated carbocycles. The zero-order valence-corrected chi connectivity index (χ0v) is 7.69. The summed E-state index contributed by atoms with van der Waals surface area (Å²) in [6.07, 6.45) is 6.81. The van der Waals surface area contributed by atoms with Gasteiger partial charge in [-0.05, 0) is 6.42 Å². The van der Waals surface area contributed by atoms with Crippen molar-refractivity contribution in [1.82, 2.24) is 0 Å². The molecule has 0 aliphatic heterocycles. The Labute approximate surface area is 66.7 Å². The van der Waals surface area contributed by atoms with Gasteiger partial charge in [-0.1, -0.05) is 26.2 Å². The largest absolute Gasteiger partial charge is 0.271 e. The van der Waals surface area contributed by atoms with E-state index < -0.39 is 0 Å². The smallest absolute Gasteiger partial charge is 0.0654 e. The van der Waals surface area contributed by atoms with Crippen LogP contribution in [-0.2, 0) is 21.5 Å². The Morgan fingerprint density at radius 1 is 1.11 bits per heavy atom. The molecule has 0 unspecified atom stereocenters. The molecule has 0 rings (SSSR count). The minimum Gasteiger partial charge on any atom is -0.0654 e. The lowest BCUT2D eigenvalue weighted by Gasteiger charge is -1.90. The predicted octanol–water partition coefficient (Wildman–Crippen LogP) is 2.50. The first kappa shape index (κ1) is 9.44. The highest BCUT2D eigenvalue weighted by Crippen LogP contribution is 2.01. The molecular formula is C7H15S2+. The molecule has 0 aromatic rings. The van der Waals surface area contributed by atoms with Crippen molar-refractivity contribution < 1.29 is 0 Å². The fourth-order valence-electron chi connectivity index (χ4n) is 0.765. The van der Waals surface area contributed by atoms with E-state index in [2.05, 4.69) is 6.92 Å². The third-order valence-corrected chi connectivity index (χ3v) is 2.29. The molecule has 2 heteroatoms. The van der Waals surface area contributed by atoms with Crippen molar-refractivity contribution in [2.24, 2.45) is 0 Å². The van der Waals surface area contributed by atoms with Gasteiger partial charge in [-0.2, -0.15) is 0 Å². The van der Waals surface area contributed by atoms with Crippen LogP contribution in [0.1, 0.15) is 39.0 Å². The molecule has 0 aromatic carbocycles. The second kappa shape index (κ2) is 8.44. The summed E-state index contributed by atoms with van der Waals surface area (Å²) < 4.78 is 0. The van der Waals surface area contributed by atoms with E-state index in [0.717, 1.165) is 0 Å². The summed E-state index contributed by atoms with van der Waals surface area (Å²) in [5, 5.41) is 0. The number of unbranched alkanes of at least 4 members (excludes halogenated alkanes) is 4. The zero-order chi connectivity index (χ0) is 6.95. The van der Waals surface area contributed by atoms with Crippen LogP contribution in [0.4, 0.5) is 0 Å². The highest BCUT2D eigenvalue weighted by molar-refractivity contribution is 8.17. The molecule has 0 fully saturated rings. The fourth-order valence-corrected chi connectivity index (χ4v) is 1.44. The van der Waals surface area contributed by atoms with Gasteiger partial charge in [0.05, 0.1) is 0 Å². The molecule has 9 heavy (non-hydrogen) atoms. The van der Waals surface area contributed by atoms with E-state index in [0.29, 0.717) is 0 Å². The summed E-state index contributed by atoms with van der Waals surface area (Å²) in [5.74, 6) is 1.17. The average Bonchev–Trinajstić information content (AvgIpc) is 1.89. The number of hydrogen-bond donors (Lipinski definition) is 0. The van der Waals surface area contributed by atoms with Gasteiger partial charge in [0.2, 0.25) is 0 Å². The van der Waals surface area contributed by atoms with Crippen molar-refractivity contribution in [2.45, 2.75) is 39.0 Å². The van der Waals surface area contributed by atoms with Gasteiger partial charge in [-0.3, -0.25) is 0 Å². The minimum absolute atomic E-state index is 1.17. The van der Waals surface area contributed by atoms with E-state index in [4.69, 9.17) is 11.2 Å². The molecule has 0 heterocycles. The van der Waals surface area contributed by atoms with Crippen LogP contribution in [-0.4, -0.2) is 5.75 Å². The highest BCUT2D eigenvalue weighted by atomic mass is 32.8. The Morgan fingerprint density at radius 2 is 1.78 bits per heavy atom. The topological polar surface area (TPSA) is 0 Å². The quantitative estimate of drug-likeness (QED) is 0.428. The molecule has 0 saturated heterocycles. The average molecular weight is 163 g/mol. The summed E-state index contributed by atoms with van der Waals surface area (Å²) in [6, 6.07) is 0. The van der Waals surface area contributed by atoms with Crippen LogP contribution in [0.2, 0.25) is 0 Å². The Balaban J connectivity index is 2.66. The summed E-state index contributed by atoms with van der Waals surface area (Å²) in [5.41, 5.74) is 0. The predicted molar refractivity (Wildman–Crippen MR) is 48.4 cm³/mol. The second-order valence-corrected chi connectivity index (χ2v) is 3.59. The van der Waals surface area contributed by atoms with Crippen LogP contribution in [0.5, 0.6) is 0 Å². The van der Waals surface area contributed by atoms with Crippen molar-refractivity contribution >= 4 is 21.5 Å². The van der Waals surface area contributed by atoms with E-state index in [1.54, 1.807) is 10.3 Å². The maximum absolute atomic E-state index is 4.75. The molecule has 0 aromatic heterocycles. The SMILES string of the molecule is CCCCCCC[S+]=S. The van der Waals surface area contributed by atoms with Gasteiger partial charge in [0.15, 0.2) is 5.75 Å². The van der Waals surface area contributed by atoms with Crippen LogP contribution >= 0.6 is 0 Å². The Morgan fingerprint density at radius 3 is 2.33 bits per heavy atom. The van der Waals surface area contributed by atoms with Crippen LogP contribution in [0, 0.1) is 0 Å². The molecule has 0 aliphatic carbocycles. The van der Waals surface area contributed by atoms with Gasteiger partial charge in [0.25, 0.3) is 21.5 Å². The molecule has 0 bridgehead atoms. The van der Waals surface area contributed by atoms with Crippen molar-refractivity contribution in [3.8, 4) is 0 Å². The molecule has 0 nitrogen and oxygen atoms in total. The van der Waals surface area contributed by atoms with E-state index >= 15 is 0 Å². The van der Waals surface area contributed by atoms with Gasteiger partial charge >= 0.3 is 0 Å². The van der Waals surface area contributed by atoms with E-state index in [-0.39, 0.29) is 0 Å². The van der Waals surface area contributed by atoms with Crippen LogP contribution in [0.3, 0.4) is 0 Å². The van der Waals surface area contributed by atoms with Crippen molar-refractivity contribution in [1.29, 1.82) is 0 Å². The van der Waals surface area contributed by atoms with E-state index in [9.17, 15) is 0 Å². The first-order chi connectivity index (χ1) is 4.41. The Bertz CT molecular complexity index is 61.9. The van der Waals surface area contributed by atoms with Gasteiger partial charge in [0.1, 0.15) is 0 Å².